The average molecular weight is 273 g/mol. The first-order chi connectivity index (χ1) is 8.81. The second kappa shape index (κ2) is 6.37. The van der Waals surface area contributed by atoms with Crippen molar-refractivity contribution in [3.63, 3.8) is 0 Å². The molecule has 2 atom stereocenters. The first-order valence-electron chi connectivity index (χ1n) is 5.98. The molecule has 0 aliphatic carbocycles. The topological polar surface area (TPSA) is 113 Å². The number of urea groups is 1. The van der Waals surface area contributed by atoms with E-state index in [0.717, 1.165) is 4.90 Å². The molecule has 3 amide bonds. The summed E-state index contributed by atoms with van der Waals surface area (Å²) in [5.41, 5.74) is 5.03. The Kier molecular flexibility index (Phi) is 5.11. The molecular weight excluding hydrogens is 254 g/mol. The number of carboxylic acids is 1. The van der Waals surface area contributed by atoms with E-state index in [1.165, 1.54) is 4.90 Å². The third kappa shape index (κ3) is 4.40. The number of hydrogen-bond donors (Lipinski definition) is 2. The Balaban J connectivity index is 2.78. The van der Waals surface area contributed by atoms with Gasteiger partial charge in [-0.05, 0) is 13.8 Å². The normalized spacial score (nSPS) is 22.9. The van der Waals surface area contributed by atoms with Crippen LogP contribution in [0.25, 0.3) is 0 Å². The lowest BCUT2D eigenvalue weighted by atomic mass is 10.2. The van der Waals surface area contributed by atoms with Crippen LogP contribution in [-0.4, -0.2) is 71.2 Å². The Morgan fingerprint density at radius 2 is 2.00 bits per heavy atom. The van der Waals surface area contributed by atoms with Gasteiger partial charge in [0.15, 0.2) is 0 Å². The maximum absolute atomic E-state index is 12.3. The van der Waals surface area contributed by atoms with Gasteiger partial charge in [0.1, 0.15) is 13.1 Å². The molecule has 0 spiro atoms. The highest BCUT2D eigenvalue weighted by atomic mass is 16.5. The number of aliphatic carboxylic acids is 1. The third-order valence-electron chi connectivity index (χ3n) is 2.80. The molecule has 0 aromatic heterocycles. The van der Waals surface area contributed by atoms with Gasteiger partial charge in [-0.25, -0.2) is 4.79 Å². The van der Waals surface area contributed by atoms with Crippen LogP contribution in [0.1, 0.15) is 13.8 Å². The fraction of sp³-hybridized carbons (Fsp3) is 0.727. The van der Waals surface area contributed by atoms with Crippen LogP contribution in [0, 0.1) is 0 Å². The number of carboxylic acid groups (broad SMARTS) is 1. The van der Waals surface area contributed by atoms with Crippen LogP contribution in [0.3, 0.4) is 0 Å². The lowest BCUT2D eigenvalue weighted by Crippen LogP contribution is -2.56. The van der Waals surface area contributed by atoms with E-state index in [0.29, 0.717) is 13.2 Å². The van der Waals surface area contributed by atoms with Crippen molar-refractivity contribution in [3.8, 4) is 0 Å². The molecule has 1 heterocycles. The SMILES string of the molecule is CC1CN(C(=O)N(CC(N)=O)CC(=O)O)C(C)CO1. The molecule has 1 saturated heterocycles. The largest absolute Gasteiger partial charge is 0.480 e. The lowest BCUT2D eigenvalue weighted by Gasteiger charge is -2.39. The van der Waals surface area contributed by atoms with Gasteiger partial charge in [0.2, 0.25) is 5.91 Å². The van der Waals surface area contributed by atoms with E-state index in [1.54, 1.807) is 6.92 Å². The molecule has 0 radical (unpaired) electrons. The van der Waals surface area contributed by atoms with Crippen molar-refractivity contribution in [2.24, 2.45) is 5.73 Å². The summed E-state index contributed by atoms with van der Waals surface area (Å²) in [7, 11) is 0. The van der Waals surface area contributed by atoms with Crippen LogP contribution in [0.5, 0.6) is 0 Å². The van der Waals surface area contributed by atoms with Gasteiger partial charge in [-0.15, -0.1) is 0 Å². The molecule has 1 fully saturated rings. The van der Waals surface area contributed by atoms with E-state index in [9.17, 15) is 14.4 Å². The minimum absolute atomic E-state index is 0.125. The summed E-state index contributed by atoms with van der Waals surface area (Å²) in [4.78, 5) is 36.3. The molecule has 2 unspecified atom stereocenters. The Hall–Kier alpha value is -1.83. The van der Waals surface area contributed by atoms with Gasteiger partial charge in [-0.3, -0.25) is 9.59 Å². The van der Waals surface area contributed by atoms with Crippen molar-refractivity contribution in [1.82, 2.24) is 9.80 Å². The Morgan fingerprint density at radius 3 is 2.53 bits per heavy atom. The number of morpholine rings is 1. The molecule has 8 nitrogen and oxygen atoms in total. The summed E-state index contributed by atoms with van der Waals surface area (Å²) in [6.07, 6.45) is -0.125. The molecule has 1 rings (SSSR count). The number of nitrogens with zero attached hydrogens (tertiary/aromatic N) is 2. The predicted molar refractivity (Wildman–Crippen MR) is 65.4 cm³/mol. The van der Waals surface area contributed by atoms with Crippen LogP contribution < -0.4 is 5.73 Å². The molecular formula is C11H19N3O5. The molecule has 0 aromatic rings. The number of primary amides is 1. The summed E-state index contributed by atoms with van der Waals surface area (Å²) in [6.45, 7) is 3.39. The number of amides is 3. The minimum Gasteiger partial charge on any atom is -0.480 e. The Labute approximate surface area is 111 Å². The standard InChI is InChI=1S/C11H19N3O5/c1-7-6-19-8(2)3-14(7)11(18)13(4-9(12)15)5-10(16)17/h7-8H,3-6H2,1-2H3,(H2,12,15)(H,16,17). The van der Waals surface area contributed by atoms with Crippen LogP contribution in [0.2, 0.25) is 0 Å². The van der Waals surface area contributed by atoms with Crippen molar-refractivity contribution in [1.29, 1.82) is 0 Å². The summed E-state index contributed by atoms with van der Waals surface area (Å²) >= 11 is 0. The van der Waals surface area contributed by atoms with Gasteiger partial charge in [0.25, 0.3) is 0 Å². The first-order valence-corrected chi connectivity index (χ1v) is 5.98. The number of hydrogen-bond acceptors (Lipinski definition) is 4. The maximum Gasteiger partial charge on any atom is 0.323 e. The molecule has 0 bridgehead atoms. The van der Waals surface area contributed by atoms with Crippen molar-refractivity contribution >= 4 is 17.9 Å². The molecule has 8 heteroatoms. The molecule has 0 aromatic carbocycles. The van der Waals surface area contributed by atoms with Crippen molar-refractivity contribution in [3.05, 3.63) is 0 Å². The molecule has 3 N–H and O–H groups in total. The quantitative estimate of drug-likeness (QED) is 0.688. The van der Waals surface area contributed by atoms with Crippen LogP contribution >= 0.6 is 0 Å². The third-order valence-corrected chi connectivity index (χ3v) is 2.80. The monoisotopic (exact) mass is 273 g/mol. The highest BCUT2D eigenvalue weighted by Crippen LogP contribution is 2.13. The average Bonchev–Trinajstić information content (AvgIpc) is 2.29. The van der Waals surface area contributed by atoms with Crippen molar-refractivity contribution < 1.29 is 24.2 Å². The van der Waals surface area contributed by atoms with E-state index >= 15 is 0 Å². The zero-order valence-electron chi connectivity index (χ0n) is 11.0. The smallest absolute Gasteiger partial charge is 0.323 e. The predicted octanol–water partition coefficient (Wildman–Crippen LogP) is -0.912. The van der Waals surface area contributed by atoms with Crippen molar-refractivity contribution in [2.45, 2.75) is 26.0 Å². The molecule has 1 aliphatic rings. The summed E-state index contributed by atoms with van der Waals surface area (Å²) in [6, 6.07) is -0.684. The van der Waals surface area contributed by atoms with Crippen LogP contribution in [0.4, 0.5) is 4.79 Å². The van der Waals surface area contributed by atoms with E-state index in [-0.39, 0.29) is 12.1 Å². The second-order valence-electron chi connectivity index (χ2n) is 4.64. The van der Waals surface area contributed by atoms with Gasteiger partial charge in [0.05, 0.1) is 18.8 Å². The molecule has 0 saturated carbocycles. The first kappa shape index (κ1) is 15.2. The number of rotatable bonds is 4. The highest BCUT2D eigenvalue weighted by molar-refractivity contribution is 5.86. The van der Waals surface area contributed by atoms with E-state index in [4.69, 9.17) is 15.6 Å². The number of ether oxygens (including phenoxy) is 1. The van der Waals surface area contributed by atoms with Gasteiger partial charge in [0, 0.05) is 6.54 Å². The number of carbonyl (C=O) groups is 3. The van der Waals surface area contributed by atoms with E-state index in [1.807, 2.05) is 6.92 Å². The van der Waals surface area contributed by atoms with Gasteiger partial charge >= 0.3 is 12.0 Å². The zero-order valence-corrected chi connectivity index (χ0v) is 11.0. The van der Waals surface area contributed by atoms with Crippen molar-refractivity contribution in [2.75, 3.05) is 26.2 Å². The number of carbonyl (C=O) groups excluding carboxylic acids is 2. The van der Waals surface area contributed by atoms with E-state index < -0.39 is 31.0 Å². The number of nitrogens with two attached hydrogens (primary N) is 1. The maximum atomic E-state index is 12.3. The Bertz CT molecular complexity index is 357. The van der Waals surface area contributed by atoms with Gasteiger partial charge in [-0.2, -0.15) is 0 Å². The zero-order chi connectivity index (χ0) is 14.6. The fourth-order valence-electron chi connectivity index (χ4n) is 1.89. The van der Waals surface area contributed by atoms with E-state index in [2.05, 4.69) is 0 Å². The highest BCUT2D eigenvalue weighted by Gasteiger charge is 2.31. The Morgan fingerprint density at radius 1 is 1.37 bits per heavy atom. The molecule has 108 valence electrons. The second-order valence-corrected chi connectivity index (χ2v) is 4.64. The minimum atomic E-state index is -1.19. The van der Waals surface area contributed by atoms with Crippen LogP contribution in [0.15, 0.2) is 0 Å². The van der Waals surface area contributed by atoms with Gasteiger partial charge in [-0.1, -0.05) is 0 Å². The van der Waals surface area contributed by atoms with Crippen LogP contribution in [-0.2, 0) is 14.3 Å². The lowest BCUT2D eigenvalue weighted by molar-refractivity contribution is -0.138. The molecule has 19 heavy (non-hydrogen) atoms. The summed E-state index contributed by atoms with van der Waals surface area (Å²) in [5.74, 6) is -1.94. The molecule has 1 aliphatic heterocycles. The van der Waals surface area contributed by atoms with Gasteiger partial charge < -0.3 is 25.4 Å². The fourth-order valence-corrected chi connectivity index (χ4v) is 1.89. The summed E-state index contributed by atoms with van der Waals surface area (Å²) in [5, 5.41) is 8.77. The summed E-state index contributed by atoms with van der Waals surface area (Å²) < 4.78 is 5.39.